The quantitative estimate of drug-likeness (QED) is 0.648. The van der Waals surface area contributed by atoms with Gasteiger partial charge in [0.25, 0.3) is 0 Å². The maximum Gasteiger partial charge on any atom is 0.162 e. The number of nitrogens with two attached hydrogens (primary N) is 1. The molecule has 0 bridgehead atoms. The molecule has 0 fully saturated rings. The van der Waals surface area contributed by atoms with E-state index in [9.17, 15) is 5.11 Å². The minimum atomic E-state index is -0.725. The van der Waals surface area contributed by atoms with E-state index in [4.69, 9.17) is 15.2 Å². The molecule has 0 unspecified atom stereocenters. The van der Waals surface area contributed by atoms with Gasteiger partial charge in [-0.2, -0.15) is 0 Å². The highest BCUT2D eigenvalue weighted by molar-refractivity contribution is 5.44. The Hall–Kier alpha value is -2.82. The largest absolute Gasteiger partial charge is 0.485 e. The van der Waals surface area contributed by atoms with Crippen LogP contribution in [0.25, 0.3) is 0 Å². The van der Waals surface area contributed by atoms with E-state index >= 15 is 0 Å². The maximum atomic E-state index is 10.0. The first-order valence-electron chi connectivity index (χ1n) is 8.62. The van der Waals surface area contributed by atoms with E-state index in [0.29, 0.717) is 30.3 Å². The van der Waals surface area contributed by atoms with Crippen LogP contribution in [0.1, 0.15) is 22.8 Å². The van der Waals surface area contributed by atoms with Crippen LogP contribution in [0.5, 0.6) is 11.5 Å². The third-order valence-electron chi connectivity index (χ3n) is 4.05. The number of aliphatic hydroxyl groups is 1. The summed E-state index contributed by atoms with van der Waals surface area (Å²) in [6, 6.07) is 25.3. The summed E-state index contributed by atoms with van der Waals surface area (Å²) in [4.78, 5) is 0. The zero-order valence-electron chi connectivity index (χ0n) is 14.5. The Bertz CT molecular complexity index is 806. The molecule has 0 radical (unpaired) electrons. The smallest absolute Gasteiger partial charge is 0.162 e. The lowest BCUT2D eigenvalue weighted by molar-refractivity contribution is 0.185. The molecule has 4 nitrogen and oxygen atoms in total. The van der Waals surface area contributed by atoms with Gasteiger partial charge in [0.2, 0.25) is 0 Å². The van der Waals surface area contributed by atoms with Crippen molar-refractivity contribution in [2.24, 2.45) is 5.73 Å². The third-order valence-corrected chi connectivity index (χ3v) is 4.05. The Kier molecular flexibility index (Phi) is 6.25. The summed E-state index contributed by atoms with van der Waals surface area (Å²) in [5.74, 6) is 1.23. The van der Waals surface area contributed by atoms with E-state index in [-0.39, 0.29) is 6.54 Å². The number of rotatable bonds is 8. The van der Waals surface area contributed by atoms with Gasteiger partial charge in [0.1, 0.15) is 13.2 Å². The van der Waals surface area contributed by atoms with Gasteiger partial charge < -0.3 is 20.3 Å². The second kappa shape index (κ2) is 9.04. The van der Waals surface area contributed by atoms with Crippen molar-refractivity contribution in [2.75, 3.05) is 6.54 Å². The van der Waals surface area contributed by atoms with E-state index in [0.717, 1.165) is 11.1 Å². The Morgan fingerprint density at radius 1 is 0.731 bits per heavy atom. The van der Waals surface area contributed by atoms with Crippen LogP contribution in [0.4, 0.5) is 0 Å². The number of aliphatic hydroxyl groups excluding tert-OH is 1. The summed E-state index contributed by atoms with van der Waals surface area (Å²) in [7, 11) is 0. The molecular formula is C22H23NO3. The van der Waals surface area contributed by atoms with Crippen molar-refractivity contribution >= 4 is 0 Å². The SMILES string of the molecule is NC[C@H](O)c1ccc(OCc2ccccc2)c(OCc2ccccc2)c1. The van der Waals surface area contributed by atoms with E-state index < -0.39 is 6.10 Å². The molecule has 0 aliphatic carbocycles. The van der Waals surface area contributed by atoms with Gasteiger partial charge in [0, 0.05) is 6.54 Å². The molecule has 3 aromatic carbocycles. The fourth-order valence-electron chi connectivity index (χ4n) is 2.57. The summed E-state index contributed by atoms with van der Waals surface area (Å²) in [6.07, 6.45) is -0.725. The average molecular weight is 349 g/mol. The summed E-state index contributed by atoms with van der Waals surface area (Å²) in [5, 5.41) is 10.0. The van der Waals surface area contributed by atoms with Crippen LogP contribution in [0.2, 0.25) is 0 Å². The van der Waals surface area contributed by atoms with Gasteiger partial charge in [-0.3, -0.25) is 0 Å². The lowest BCUT2D eigenvalue weighted by Crippen LogP contribution is -2.12. The predicted octanol–water partition coefficient (Wildman–Crippen LogP) is 3.84. The van der Waals surface area contributed by atoms with Crippen molar-refractivity contribution in [2.45, 2.75) is 19.3 Å². The molecule has 0 aromatic heterocycles. The maximum absolute atomic E-state index is 10.0. The lowest BCUT2D eigenvalue weighted by Gasteiger charge is -2.16. The summed E-state index contributed by atoms with van der Waals surface area (Å²) < 4.78 is 11.9. The highest BCUT2D eigenvalue weighted by Gasteiger charge is 2.12. The first kappa shape index (κ1) is 18.0. The average Bonchev–Trinajstić information content (AvgIpc) is 2.72. The fourth-order valence-corrected chi connectivity index (χ4v) is 2.57. The Morgan fingerprint density at radius 3 is 1.81 bits per heavy atom. The van der Waals surface area contributed by atoms with Crippen LogP contribution in [0.15, 0.2) is 78.9 Å². The van der Waals surface area contributed by atoms with E-state index in [1.54, 1.807) is 6.07 Å². The van der Waals surface area contributed by atoms with Crippen molar-refractivity contribution in [1.82, 2.24) is 0 Å². The van der Waals surface area contributed by atoms with Crippen molar-refractivity contribution in [3.05, 3.63) is 95.6 Å². The normalized spacial score (nSPS) is 11.8. The standard InChI is InChI=1S/C22H23NO3/c23-14-20(24)19-11-12-21(25-15-17-7-3-1-4-8-17)22(13-19)26-16-18-9-5-2-6-10-18/h1-13,20,24H,14-16,23H2/t20-/m0/s1. The summed E-state index contributed by atoms with van der Waals surface area (Å²) in [6.45, 7) is 1.02. The van der Waals surface area contributed by atoms with E-state index in [1.165, 1.54) is 0 Å². The molecule has 1 atom stereocenters. The Balaban J connectivity index is 1.77. The molecule has 0 amide bonds. The van der Waals surface area contributed by atoms with Gasteiger partial charge in [0.05, 0.1) is 6.10 Å². The number of benzene rings is 3. The summed E-state index contributed by atoms with van der Waals surface area (Å²) in [5.41, 5.74) is 8.42. The number of hydrogen-bond donors (Lipinski definition) is 2. The highest BCUT2D eigenvalue weighted by Crippen LogP contribution is 2.32. The second-order valence-electron chi connectivity index (χ2n) is 6.01. The van der Waals surface area contributed by atoms with Crippen molar-refractivity contribution in [1.29, 1.82) is 0 Å². The molecular weight excluding hydrogens is 326 g/mol. The van der Waals surface area contributed by atoms with E-state index in [2.05, 4.69) is 0 Å². The number of hydrogen-bond acceptors (Lipinski definition) is 4. The van der Waals surface area contributed by atoms with Gasteiger partial charge in [0.15, 0.2) is 11.5 Å². The zero-order chi connectivity index (χ0) is 18.2. The zero-order valence-corrected chi connectivity index (χ0v) is 14.5. The van der Waals surface area contributed by atoms with Gasteiger partial charge in [-0.25, -0.2) is 0 Å². The molecule has 134 valence electrons. The molecule has 0 spiro atoms. The Morgan fingerprint density at radius 2 is 1.27 bits per heavy atom. The first-order valence-corrected chi connectivity index (χ1v) is 8.62. The molecule has 26 heavy (non-hydrogen) atoms. The monoisotopic (exact) mass is 349 g/mol. The molecule has 4 heteroatoms. The first-order chi connectivity index (χ1) is 12.8. The van der Waals surface area contributed by atoms with Crippen LogP contribution in [0.3, 0.4) is 0 Å². The van der Waals surface area contributed by atoms with E-state index in [1.807, 2.05) is 72.8 Å². The molecule has 0 aliphatic rings. The van der Waals surface area contributed by atoms with Crippen LogP contribution < -0.4 is 15.2 Å². The molecule has 0 aliphatic heterocycles. The van der Waals surface area contributed by atoms with Crippen LogP contribution >= 0.6 is 0 Å². The topological polar surface area (TPSA) is 64.7 Å². The fraction of sp³-hybridized carbons (Fsp3) is 0.182. The van der Waals surface area contributed by atoms with Gasteiger partial charge in [-0.15, -0.1) is 0 Å². The Labute approximate surface area is 153 Å². The molecule has 0 heterocycles. The molecule has 3 rings (SSSR count). The van der Waals surface area contributed by atoms with Crippen LogP contribution in [-0.2, 0) is 13.2 Å². The van der Waals surface area contributed by atoms with Crippen LogP contribution in [-0.4, -0.2) is 11.7 Å². The summed E-state index contributed by atoms with van der Waals surface area (Å²) >= 11 is 0. The van der Waals surface area contributed by atoms with Crippen molar-refractivity contribution in [3.63, 3.8) is 0 Å². The molecule has 3 N–H and O–H groups in total. The minimum Gasteiger partial charge on any atom is -0.485 e. The van der Waals surface area contributed by atoms with Crippen molar-refractivity contribution in [3.8, 4) is 11.5 Å². The minimum absolute atomic E-state index is 0.155. The van der Waals surface area contributed by atoms with Gasteiger partial charge in [-0.05, 0) is 28.8 Å². The second-order valence-corrected chi connectivity index (χ2v) is 6.01. The van der Waals surface area contributed by atoms with Crippen molar-refractivity contribution < 1.29 is 14.6 Å². The van der Waals surface area contributed by atoms with Gasteiger partial charge >= 0.3 is 0 Å². The van der Waals surface area contributed by atoms with Gasteiger partial charge in [-0.1, -0.05) is 66.7 Å². The van der Waals surface area contributed by atoms with Crippen LogP contribution in [0, 0.1) is 0 Å². The third kappa shape index (κ3) is 4.85. The lowest BCUT2D eigenvalue weighted by atomic mass is 10.1. The molecule has 0 saturated carbocycles. The predicted molar refractivity (Wildman–Crippen MR) is 102 cm³/mol. The molecule has 0 saturated heterocycles. The highest BCUT2D eigenvalue weighted by atomic mass is 16.5. The molecule has 3 aromatic rings. The number of ether oxygens (including phenoxy) is 2.